The largest absolute Gasteiger partial charge is 0.465 e. The van der Waals surface area contributed by atoms with Gasteiger partial charge >= 0.3 is 5.97 Å². The van der Waals surface area contributed by atoms with E-state index in [1.165, 1.54) is 11.0 Å². The summed E-state index contributed by atoms with van der Waals surface area (Å²) in [7, 11) is 0. The standard InChI is InChI=1S/C26H34FN3O4S/c1-2-34-24(32)17-29-14-13-28(16-23(29)31)11-9-19-15-30(12-10-22(19)35)25(26(33)18-7-8-18)20-5-3-4-6-21(20)27/h3-6,9,18,22,25,35H,2,7-8,10-17H2,1H3/b19-9+. The molecule has 2 unspecified atom stereocenters. The van der Waals surface area contributed by atoms with Crippen molar-refractivity contribution in [1.29, 1.82) is 0 Å². The molecule has 3 fully saturated rings. The van der Waals surface area contributed by atoms with E-state index >= 15 is 0 Å². The molecule has 7 nitrogen and oxygen atoms in total. The number of carbonyl (C=O) groups excluding carboxylic acids is 3. The van der Waals surface area contributed by atoms with Crippen LogP contribution in [0.2, 0.25) is 0 Å². The third kappa shape index (κ3) is 6.51. The topological polar surface area (TPSA) is 70.2 Å². The molecule has 1 aliphatic carbocycles. The number of benzene rings is 1. The minimum Gasteiger partial charge on any atom is -0.465 e. The van der Waals surface area contributed by atoms with Crippen LogP contribution in [0.25, 0.3) is 0 Å². The normalized spacial score (nSPS) is 24.0. The lowest BCUT2D eigenvalue weighted by atomic mass is 9.93. The highest BCUT2D eigenvalue weighted by molar-refractivity contribution is 7.81. The summed E-state index contributed by atoms with van der Waals surface area (Å²) >= 11 is 4.77. The molecule has 2 aliphatic heterocycles. The Morgan fingerprint density at radius 3 is 2.63 bits per heavy atom. The molecule has 0 bridgehead atoms. The van der Waals surface area contributed by atoms with E-state index in [1.54, 1.807) is 25.1 Å². The molecule has 190 valence electrons. The van der Waals surface area contributed by atoms with Crippen molar-refractivity contribution in [3.8, 4) is 0 Å². The van der Waals surface area contributed by atoms with Gasteiger partial charge < -0.3 is 9.64 Å². The number of halogens is 1. The van der Waals surface area contributed by atoms with Gasteiger partial charge in [-0.25, -0.2) is 4.39 Å². The van der Waals surface area contributed by atoms with Gasteiger partial charge in [-0.2, -0.15) is 12.6 Å². The van der Waals surface area contributed by atoms with Crippen molar-refractivity contribution in [3.05, 3.63) is 47.3 Å². The molecule has 2 atom stereocenters. The molecule has 0 spiro atoms. The third-order valence-corrected chi connectivity index (χ3v) is 7.54. The number of rotatable bonds is 9. The van der Waals surface area contributed by atoms with Crippen LogP contribution in [0, 0.1) is 11.7 Å². The zero-order valence-corrected chi connectivity index (χ0v) is 21.1. The number of thiol groups is 1. The summed E-state index contributed by atoms with van der Waals surface area (Å²) in [4.78, 5) is 43.1. The first-order valence-corrected chi connectivity index (χ1v) is 12.9. The van der Waals surface area contributed by atoms with Crippen LogP contribution in [0.5, 0.6) is 0 Å². The maximum absolute atomic E-state index is 14.7. The van der Waals surface area contributed by atoms with Crippen LogP contribution in [-0.4, -0.2) is 90.0 Å². The zero-order valence-electron chi connectivity index (χ0n) is 20.2. The molecule has 9 heteroatoms. The zero-order chi connectivity index (χ0) is 24.9. The second-order valence-corrected chi connectivity index (χ2v) is 10.1. The Morgan fingerprint density at radius 1 is 1.17 bits per heavy atom. The summed E-state index contributed by atoms with van der Waals surface area (Å²) in [6.07, 6.45) is 4.62. The second kappa shape index (κ2) is 11.7. The second-order valence-electron chi connectivity index (χ2n) is 9.51. The van der Waals surface area contributed by atoms with Gasteiger partial charge in [0.1, 0.15) is 12.4 Å². The number of Topliss-reactive ketones (excluding diaryl/α,β-unsaturated/α-hetero) is 1. The average molecular weight is 504 g/mol. The summed E-state index contributed by atoms with van der Waals surface area (Å²) in [6, 6.07) is 5.99. The lowest BCUT2D eigenvalue weighted by molar-refractivity contribution is -0.150. The third-order valence-electron chi connectivity index (χ3n) is 6.95. The molecule has 2 heterocycles. The van der Waals surface area contributed by atoms with Crippen molar-refractivity contribution < 1.29 is 23.5 Å². The minimum atomic E-state index is -0.582. The van der Waals surface area contributed by atoms with Crippen LogP contribution in [-0.2, 0) is 19.1 Å². The molecule has 0 radical (unpaired) electrons. The van der Waals surface area contributed by atoms with Gasteiger partial charge in [-0.3, -0.25) is 24.2 Å². The molecule has 1 amide bonds. The molecular formula is C26H34FN3O4S. The summed E-state index contributed by atoms with van der Waals surface area (Å²) in [5.74, 6) is -0.691. The number of hydrogen-bond donors (Lipinski definition) is 1. The molecule has 1 aromatic carbocycles. The van der Waals surface area contributed by atoms with E-state index in [2.05, 4.69) is 11.0 Å². The van der Waals surface area contributed by atoms with Gasteiger partial charge in [0.2, 0.25) is 5.91 Å². The van der Waals surface area contributed by atoms with E-state index in [9.17, 15) is 18.8 Å². The molecule has 3 aliphatic rings. The highest BCUT2D eigenvalue weighted by Crippen LogP contribution is 2.39. The van der Waals surface area contributed by atoms with Gasteiger partial charge in [0.25, 0.3) is 0 Å². The molecule has 1 saturated carbocycles. The number of piperidine rings is 1. The maximum Gasteiger partial charge on any atom is 0.325 e. The summed E-state index contributed by atoms with van der Waals surface area (Å²) in [5.41, 5.74) is 1.54. The number of ketones is 1. The van der Waals surface area contributed by atoms with E-state index in [-0.39, 0.29) is 47.7 Å². The van der Waals surface area contributed by atoms with Gasteiger partial charge in [0, 0.05) is 49.5 Å². The minimum absolute atomic E-state index is 0.0122. The Kier molecular flexibility index (Phi) is 8.62. The Morgan fingerprint density at radius 2 is 1.94 bits per heavy atom. The monoisotopic (exact) mass is 503 g/mol. The molecular weight excluding hydrogens is 469 g/mol. The van der Waals surface area contributed by atoms with Crippen molar-refractivity contribution in [3.63, 3.8) is 0 Å². The first-order chi connectivity index (χ1) is 16.9. The molecule has 4 rings (SSSR count). The molecule has 0 N–H and O–H groups in total. The van der Waals surface area contributed by atoms with Crippen molar-refractivity contribution >= 4 is 30.3 Å². The fourth-order valence-electron chi connectivity index (χ4n) is 4.82. The molecule has 0 aromatic heterocycles. The van der Waals surface area contributed by atoms with Gasteiger partial charge in [0.05, 0.1) is 19.2 Å². The van der Waals surface area contributed by atoms with Crippen LogP contribution < -0.4 is 0 Å². The first kappa shape index (κ1) is 25.9. The number of carbonyl (C=O) groups is 3. The van der Waals surface area contributed by atoms with Crippen molar-refractivity contribution in [2.24, 2.45) is 5.92 Å². The molecule has 2 saturated heterocycles. The number of likely N-dealkylation sites (tertiary alicyclic amines) is 1. The molecule has 1 aromatic rings. The average Bonchev–Trinajstić information content (AvgIpc) is 3.68. The quantitative estimate of drug-likeness (QED) is 0.317. The number of piperazine rings is 1. The Bertz CT molecular complexity index is 983. The smallest absolute Gasteiger partial charge is 0.325 e. The van der Waals surface area contributed by atoms with Crippen LogP contribution >= 0.6 is 12.6 Å². The van der Waals surface area contributed by atoms with E-state index in [0.717, 1.165) is 24.8 Å². The SMILES string of the molecule is CCOC(=O)CN1CCN(C/C=C2\CN(C(C(=O)C3CC3)c3ccccc3F)CCC2S)CC1=O. The van der Waals surface area contributed by atoms with Crippen LogP contribution in [0.4, 0.5) is 4.39 Å². The fourth-order valence-corrected chi connectivity index (χ4v) is 5.12. The van der Waals surface area contributed by atoms with Gasteiger partial charge in [-0.05, 0) is 37.8 Å². The van der Waals surface area contributed by atoms with E-state index in [1.807, 2.05) is 4.90 Å². The fraction of sp³-hybridized carbons (Fsp3) is 0.577. The highest BCUT2D eigenvalue weighted by atomic mass is 32.1. The van der Waals surface area contributed by atoms with Crippen LogP contribution in [0.3, 0.4) is 0 Å². The predicted octanol–water partition coefficient (Wildman–Crippen LogP) is 2.48. The van der Waals surface area contributed by atoms with Gasteiger partial charge in [-0.1, -0.05) is 24.3 Å². The van der Waals surface area contributed by atoms with Gasteiger partial charge in [-0.15, -0.1) is 0 Å². The summed E-state index contributed by atoms with van der Waals surface area (Å²) in [6.45, 7) is 5.20. The van der Waals surface area contributed by atoms with E-state index in [0.29, 0.717) is 44.9 Å². The number of hydrogen-bond acceptors (Lipinski definition) is 7. The highest BCUT2D eigenvalue weighted by Gasteiger charge is 2.40. The Labute approximate surface area is 211 Å². The van der Waals surface area contributed by atoms with Crippen LogP contribution in [0.15, 0.2) is 35.9 Å². The summed E-state index contributed by atoms with van der Waals surface area (Å²) in [5, 5.41) is 0.0596. The lowest BCUT2D eigenvalue weighted by Crippen LogP contribution is -2.52. The first-order valence-electron chi connectivity index (χ1n) is 12.4. The molecule has 35 heavy (non-hydrogen) atoms. The Hall–Kier alpha value is -2.23. The Balaban J connectivity index is 1.41. The number of ether oxygens (including phenoxy) is 1. The maximum atomic E-state index is 14.7. The van der Waals surface area contributed by atoms with Gasteiger partial charge in [0.15, 0.2) is 5.78 Å². The predicted molar refractivity (Wildman–Crippen MR) is 134 cm³/mol. The van der Waals surface area contributed by atoms with E-state index < -0.39 is 6.04 Å². The number of amides is 1. The van der Waals surface area contributed by atoms with E-state index in [4.69, 9.17) is 17.4 Å². The number of esters is 1. The summed E-state index contributed by atoms with van der Waals surface area (Å²) < 4.78 is 19.7. The van der Waals surface area contributed by atoms with Crippen LogP contribution in [0.1, 0.15) is 37.8 Å². The van der Waals surface area contributed by atoms with Crippen molar-refractivity contribution in [2.75, 3.05) is 52.4 Å². The lowest BCUT2D eigenvalue weighted by Gasteiger charge is -2.38. The van der Waals surface area contributed by atoms with Crippen molar-refractivity contribution in [2.45, 2.75) is 37.5 Å². The number of nitrogens with zero attached hydrogens (tertiary/aromatic N) is 3. The van der Waals surface area contributed by atoms with Crippen molar-refractivity contribution in [1.82, 2.24) is 14.7 Å².